The second-order valence-electron chi connectivity index (χ2n) is 4.17. The Labute approximate surface area is 98.2 Å². The highest BCUT2D eigenvalue weighted by Gasteiger charge is 2.08. The van der Waals surface area contributed by atoms with Crippen molar-refractivity contribution in [2.45, 2.75) is 38.5 Å². The fourth-order valence-corrected chi connectivity index (χ4v) is 1.88. The Morgan fingerprint density at radius 1 is 1.19 bits per heavy atom. The van der Waals surface area contributed by atoms with Crippen LogP contribution in [0.15, 0.2) is 17.6 Å². The molecule has 3 nitrogen and oxygen atoms in total. The molecule has 90 valence electrons. The van der Waals surface area contributed by atoms with Crippen LogP contribution in [0.3, 0.4) is 0 Å². The monoisotopic (exact) mass is 222 g/mol. The second kappa shape index (κ2) is 8.08. The van der Waals surface area contributed by atoms with Gasteiger partial charge in [-0.2, -0.15) is 0 Å². The summed E-state index contributed by atoms with van der Waals surface area (Å²) in [5, 5.41) is 0. The molecule has 0 fully saturated rings. The maximum absolute atomic E-state index is 11.6. The van der Waals surface area contributed by atoms with Gasteiger partial charge in [0, 0.05) is 19.6 Å². The van der Waals surface area contributed by atoms with Crippen molar-refractivity contribution in [3.8, 4) is 0 Å². The van der Waals surface area contributed by atoms with E-state index in [1.807, 2.05) is 11.1 Å². The fourth-order valence-electron chi connectivity index (χ4n) is 1.88. The van der Waals surface area contributed by atoms with Gasteiger partial charge in [0.1, 0.15) is 0 Å². The Morgan fingerprint density at radius 2 is 1.94 bits per heavy atom. The van der Waals surface area contributed by atoms with E-state index in [2.05, 4.69) is 11.6 Å². The second-order valence-corrected chi connectivity index (χ2v) is 4.17. The highest BCUT2D eigenvalue weighted by molar-refractivity contribution is 5.86. The highest BCUT2D eigenvalue weighted by atomic mass is 16.2. The molecule has 1 aliphatic rings. The van der Waals surface area contributed by atoms with E-state index >= 15 is 0 Å². The van der Waals surface area contributed by atoms with Crippen molar-refractivity contribution < 1.29 is 4.79 Å². The minimum atomic E-state index is 0.0639. The average molecular weight is 222 g/mol. The van der Waals surface area contributed by atoms with Crippen molar-refractivity contribution in [2.24, 2.45) is 4.99 Å². The van der Waals surface area contributed by atoms with Crippen LogP contribution >= 0.6 is 0 Å². The van der Waals surface area contributed by atoms with E-state index in [9.17, 15) is 4.79 Å². The van der Waals surface area contributed by atoms with Gasteiger partial charge >= 0.3 is 0 Å². The van der Waals surface area contributed by atoms with E-state index in [1.165, 1.54) is 25.3 Å². The molecule has 0 atom stereocenters. The van der Waals surface area contributed by atoms with Crippen molar-refractivity contribution >= 4 is 12.1 Å². The van der Waals surface area contributed by atoms with E-state index < -0.39 is 0 Å². The molecule has 0 radical (unpaired) electrons. The van der Waals surface area contributed by atoms with Crippen LogP contribution in [0.1, 0.15) is 38.5 Å². The maximum Gasteiger partial charge on any atom is 0.245 e. The van der Waals surface area contributed by atoms with Crippen LogP contribution in [-0.4, -0.2) is 36.7 Å². The van der Waals surface area contributed by atoms with Crippen molar-refractivity contribution in [3.63, 3.8) is 0 Å². The van der Waals surface area contributed by atoms with E-state index in [0.29, 0.717) is 0 Å². The first-order valence-electron chi connectivity index (χ1n) is 6.24. The third-order valence-electron chi connectivity index (χ3n) is 2.84. The molecule has 3 heteroatoms. The number of rotatable bonds is 1. The minimum absolute atomic E-state index is 0.0639. The molecule has 0 aliphatic carbocycles. The number of carbonyl (C=O) groups is 1. The Morgan fingerprint density at radius 3 is 2.75 bits per heavy atom. The lowest BCUT2D eigenvalue weighted by molar-refractivity contribution is -0.126. The van der Waals surface area contributed by atoms with Gasteiger partial charge in [-0.3, -0.25) is 9.79 Å². The third kappa shape index (κ3) is 5.10. The fraction of sp³-hybridized carbons (Fsp3) is 0.692. The molecule has 1 heterocycles. The summed E-state index contributed by atoms with van der Waals surface area (Å²) < 4.78 is 0. The Hall–Kier alpha value is -1.12. The van der Waals surface area contributed by atoms with Crippen LogP contribution in [0.4, 0.5) is 0 Å². The van der Waals surface area contributed by atoms with Crippen LogP contribution in [0.25, 0.3) is 0 Å². The lowest BCUT2D eigenvalue weighted by Crippen LogP contribution is -2.31. The van der Waals surface area contributed by atoms with Crippen LogP contribution in [0.2, 0.25) is 0 Å². The van der Waals surface area contributed by atoms with Gasteiger partial charge in [-0.15, -0.1) is 0 Å². The zero-order valence-electron chi connectivity index (χ0n) is 10.0. The molecule has 1 amide bonds. The first kappa shape index (κ1) is 12.9. The van der Waals surface area contributed by atoms with Crippen molar-refractivity contribution in [1.82, 2.24) is 4.90 Å². The number of hydrogen-bond donors (Lipinski definition) is 0. The SMILES string of the molecule is C=CC(=O)N1CCCC=NCCCCCC1. The Bertz CT molecular complexity index is 248. The first-order chi connectivity index (χ1) is 7.84. The molecule has 0 saturated carbocycles. The van der Waals surface area contributed by atoms with Crippen LogP contribution in [-0.2, 0) is 4.79 Å². The van der Waals surface area contributed by atoms with Crippen molar-refractivity contribution in [3.05, 3.63) is 12.7 Å². The summed E-state index contributed by atoms with van der Waals surface area (Å²) in [6.07, 6.45) is 10.1. The standard InChI is InChI=1S/C13H22N2O/c1-2-13(16)15-11-7-4-3-5-9-14-10-6-8-12-15/h2,10H,1,3-9,11-12H2. The molecule has 0 spiro atoms. The van der Waals surface area contributed by atoms with E-state index in [1.54, 1.807) is 0 Å². The summed E-state index contributed by atoms with van der Waals surface area (Å²) in [6, 6.07) is 0. The summed E-state index contributed by atoms with van der Waals surface area (Å²) in [6.45, 7) is 6.22. The number of aliphatic imine (C=N–C) groups is 1. The molecule has 0 aromatic heterocycles. The first-order valence-corrected chi connectivity index (χ1v) is 6.24. The predicted molar refractivity (Wildman–Crippen MR) is 67.8 cm³/mol. The molecule has 0 aromatic rings. The normalized spacial score (nSPS) is 19.6. The molecule has 0 N–H and O–H groups in total. The largest absolute Gasteiger partial charge is 0.339 e. The predicted octanol–water partition coefficient (Wildman–Crippen LogP) is 2.43. The van der Waals surface area contributed by atoms with Crippen LogP contribution < -0.4 is 0 Å². The minimum Gasteiger partial charge on any atom is -0.339 e. The molecule has 0 unspecified atom stereocenters. The Kier molecular flexibility index (Phi) is 6.54. The van der Waals surface area contributed by atoms with Gasteiger partial charge in [0.05, 0.1) is 0 Å². The quantitative estimate of drug-likeness (QED) is 0.627. The van der Waals surface area contributed by atoms with E-state index in [-0.39, 0.29) is 5.91 Å². The zero-order valence-corrected chi connectivity index (χ0v) is 10.0. The van der Waals surface area contributed by atoms with Gasteiger partial charge < -0.3 is 4.90 Å². The lowest BCUT2D eigenvalue weighted by atomic mass is 10.1. The summed E-state index contributed by atoms with van der Waals surface area (Å²) in [7, 11) is 0. The molecule has 0 saturated heterocycles. The summed E-state index contributed by atoms with van der Waals surface area (Å²) in [5.74, 6) is 0.0639. The topological polar surface area (TPSA) is 32.7 Å². The number of carbonyl (C=O) groups excluding carboxylic acids is 1. The summed E-state index contributed by atoms with van der Waals surface area (Å²) in [4.78, 5) is 17.8. The highest BCUT2D eigenvalue weighted by Crippen LogP contribution is 2.05. The molecule has 0 aromatic carbocycles. The summed E-state index contributed by atoms with van der Waals surface area (Å²) >= 11 is 0. The maximum atomic E-state index is 11.6. The van der Waals surface area contributed by atoms with Gasteiger partial charge in [-0.1, -0.05) is 19.4 Å². The average Bonchev–Trinajstić information content (AvgIpc) is 2.29. The van der Waals surface area contributed by atoms with Gasteiger partial charge in [-0.05, 0) is 38.0 Å². The van der Waals surface area contributed by atoms with E-state index in [0.717, 1.165) is 38.9 Å². The van der Waals surface area contributed by atoms with Crippen molar-refractivity contribution in [2.75, 3.05) is 19.6 Å². The van der Waals surface area contributed by atoms with Gasteiger partial charge in [0.25, 0.3) is 0 Å². The molecule has 0 bridgehead atoms. The number of hydrogen-bond acceptors (Lipinski definition) is 2. The number of amides is 1. The van der Waals surface area contributed by atoms with E-state index in [4.69, 9.17) is 0 Å². The molecular formula is C13H22N2O. The van der Waals surface area contributed by atoms with Crippen LogP contribution in [0.5, 0.6) is 0 Å². The smallest absolute Gasteiger partial charge is 0.245 e. The third-order valence-corrected chi connectivity index (χ3v) is 2.84. The van der Waals surface area contributed by atoms with Gasteiger partial charge in [-0.25, -0.2) is 0 Å². The van der Waals surface area contributed by atoms with Crippen molar-refractivity contribution in [1.29, 1.82) is 0 Å². The Balaban J connectivity index is 2.43. The lowest BCUT2D eigenvalue weighted by Gasteiger charge is -2.21. The van der Waals surface area contributed by atoms with Crippen LogP contribution in [0, 0.1) is 0 Å². The zero-order chi connectivity index (χ0) is 11.6. The molecule has 16 heavy (non-hydrogen) atoms. The van der Waals surface area contributed by atoms with Gasteiger partial charge in [0.2, 0.25) is 5.91 Å². The molecule has 1 rings (SSSR count). The van der Waals surface area contributed by atoms with Gasteiger partial charge in [0.15, 0.2) is 0 Å². The molecular weight excluding hydrogens is 200 g/mol. The number of nitrogens with zero attached hydrogens (tertiary/aromatic N) is 2. The molecule has 1 aliphatic heterocycles. The summed E-state index contributed by atoms with van der Waals surface area (Å²) in [5.41, 5.74) is 0.